The number of aryl methyl sites for hydroxylation is 1. The summed E-state index contributed by atoms with van der Waals surface area (Å²) in [6.45, 7) is 4.24. The van der Waals surface area contributed by atoms with Crippen molar-refractivity contribution < 1.29 is 9.47 Å². The Kier molecular flexibility index (Phi) is 6.31. The van der Waals surface area contributed by atoms with Crippen LogP contribution < -0.4 is 14.4 Å². The quantitative estimate of drug-likeness (QED) is 0.234. The van der Waals surface area contributed by atoms with Crippen molar-refractivity contribution in [1.82, 2.24) is 14.1 Å². The summed E-state index contributed by atoms with van der Waals surface area (Å²) < 4.78 is 15.5. The number of fused-ring (bicyclic) bond motifs is 2. The lowest BCUT2D eigenvalue weighted by atomic mass is 9.96. The third-order valence-corrected chi connectivity index (χ3v) is 7.13. The Morgan fingerprint density at radius 2 is 1.78 bits per heavy atom. The van der Waals surface area contributed by atoms with Gasteiger partial charge in [0.1, 0.15) is 0 Å². The summed E-state index contributed by atoms with van der Waals surface area (Å²) in [6.07, 6.45) is 8.31. The summed E-state index contributed by atoms with van der Waals surface area (Å²) in [5.41, 5.74) is 4.93. The predicted molar refractivity (Wildman–Crippen MR) is 147 cm³/mol. The molecule has 5 aromatic rings. The van der Waals surface area contributed by atoms with Crippen molar-refractivity contribution in [3.05, 3.63) is 108 Å². The first-order valence-corrected chi connectivity index (χ1v) is 13.0. The molecule has 3 aromatic carbocycles. The molecule has 0 amide bonds. The molecule has 0 bridgehead atoms. The average molecular weight is 493 g/mol. The normalized spacial score (nSPS) is 13.2. The molecule has 1 unspecified atom stereocenters. The van der Waals surface area contributed by atoms with Crippen molar-refractivity contribution in [3.63, 3.8) is 0 Å². The van der Waals surface area contributed by atoms with Crippen LogP contribution in [0.5, 0.6) is 11.5 Å². The Hall–Kier alpha value is -4.19. The summed E-state index contributed by atoms with van der Waals surface area (Å²) in [5.74, 6) is 2.63. The summed E-state index contributed by atoms with van der Waals surface area (Å²) in [5, 5.41) is 1.23. The van der Waals surface area contributed by atoms with Crippen LogP contribution in [0.4, 0.5) is 5.95 Å². The molecular weight excluding hydrogens is 460 g/mol. The second kappa shape index (κ2) is 10.1. The zero-order valence-corrected chi connectivity index (χ0v) is 21.4. The maximum absolute atomic E-state index is 5.58. The highest BCUT2D eigenvalue weighted by atomic mass is 16.7. The monoisotopic (exact) mass is 492 g/mol. The molecule has 6 rings (SSSR count). The average Bonchev–Trinajstić information content (AvgIpc) is 3.67. The number of benzene rings is 3. The maximum atomic E-state index is 5.58. The van der Waals surface area contributed by atoms with Crippen molar-refractivity contribution >= 4 is 16.9 Å². The molecule has 2 aromatic heterocycles. The highest BCUT2D eigenvalue weighted by Crippen LogP contribution is 2.35. The Balaban J connectivity index is 1.38. The van der Waals surface area contributed by atoms with Crippen LogP contribution in [0.25, 0.3) is 10.9 Å². The first-order valence-electron chi connectivity index (χ1n) is 13.0. The second-order valence-electron chi connectivity index (χ2n) is 9.65. The van der Waals surface area contributed by atoms with Gasteiger partial charge in [-0.25, -0.2) is 4.98 Å². The van der Waals surface area contributed by atoms with Crippen LogP contribution in [0, 0.1) is 0 Å². The van der Waals surface area contributed by atoms with Crippen molar-refractivity contribution in [3.8, 4) is 11.5 Å². The van der Waals surface area contributed by atoms with Gasteiger partial charge in [0.2, 0.25) is 12.7 Å². The molecule has 37 heavy (non-hydrogen) atoms. The Morgan fingerprint density at radius 3 is 2.59 bits per heavy atom. The number of rotatable bonds is 9. The smallest absolute Gasteiger partial charge is 0.231 e. The number of hydrogen-bond acceptors (Lipinski definition) is 4. The van der Waals surface area contributed by atoms with E-state index in [1.54, 1.807) is 0 Å². The molecule has 0 saturated heterocycles. The summed E-state index contributed by atoms with van der Waals surface area (Å²) in [4.78, 5) is 7.19. The Bertz CT molecular complexity index is 1500. The van der Waals surface area contributed by atoms with Crippen molar-refractivity contribution in [2.45, 2.75) is 32.4 Å². The summed E-state index contributed by atoms with van der Waals surface area (Å²) >= 11 is 0. The number of hydrogen-bond donors (Lipinski definition) is 0. The van der Waals surface area contributed by atoms with Gasteiger partial charge in [0.15, 0.2) is 11.5 Å². The van der Waals surface area contributed by atoms with Crippen LogP contribution in [0.15, 0.2) is 91.4 Å². The summed E-state index contributed by atoms with van der Waals surface area (Å²) in [7, 11) is 2.07. The molecule has 0 fully saturated rings. The van der Waals surface area contributed by atoms with Crippen molar-refractivity contribution in [1.29, 1.82) is 0 Å². The van der Waals surface area contributed by atoms with Gasteiger partial charge in [-0.3, -0.25) is 0 Å². The number of nitrogens with zero attached hydrogens (tertiary/aromatic N) is 4. The third-order valence-electron chi connectivity index (χ3n) is 7.13. The van der Waals surface area contributed by atoms with Crippen LogP contribution >= 0.6 is 0 Å². The van der Waals surface area contributed by atoms with E-state index < -0.39 is 0 Å². The molecule has 0 aliphatic carbocycles. The topological polar surface area (TPSA) is 44.5 Å². The van der Waals surface area contributed by atoms with E-state index in [2.05, 4.69) is 101 Å². The number of unbranched alkanes of at least 4 members (excludes halogenated alkanes) is 1. The van der Waals surface area contributed by atoms with Gasteiger partial charge in [-0.2, -0.15) is 0 Å². The molecular formula is C31H32N4O2. The summed E-state index contributed by atoms with van der Waals surface area (Å²) in [6, 6.07) is 26.1. The predicted octanol–water partition coefficient (Wildman–Crippen LogP) is 6.55. The molecule has 0 spiro atoms. The van der Waals surface area contributed by atoms with E-state index in [-0.39, 0.29) is 6.04 Å². The van der Waals surface area contributed by atoms with Gasteiger partial charge in [0.05, 0.1) is 6.04 Å². The number of aromatic nitrogens is 3. The first-order chi connectivity index (χ1) is 18.2. The minimum atomic E-state index is 0.0652. The number of ether oxygens (including phenoxy) is 2. The van der Waals surface area contributed by atoms with Gasteiger partial charge in [-0.1, -0.05) is 55.8 Å². The van der Waals surface area contributed by atoms with Crippen LogP contribution in [-0.2, 0) is 13.6 Å². The minimum absolute atomic E-state index is 0.0652. The number of anilines is 1. The molecule has 1 aliphatic rings. The lowest BCUT2D eigenvalue weighted by Gasteiger charge is -2.33. The molecule has 1 atom stereocenters. The van der Waals surface area contributed by atoms with Crippen LogP contribution in [-0.4, -0.2) is 27.5 Å². The van der Waals surface area contributed by atoms with Gasteiger partial charge >= 0.3 is 0 Å². The van der Waals surface area contributed by atoms with E-state index in [1.165, 1.54) is 27.6 Å². The van der Waals surface area contributed by atoms with Crippen LogP contribution in [0.1, 0.15) is 42.5 Å². The molecule has 6 heteroatoms. The highest BCUT2D eigenvalue weighted by molar-refractivity contribution is 5.81. The molecule has 0 saturated carbocycles. The van der Waals surface area contributed by atoms with Crippen LogP contribution in [0.2, 0.25) is 0 Å². The van der Waals surface area contributed by atoms with Crippen molar-refractivity contribution in [2.75, 3.05) is 18.2 Å². The fourth-order valence-electron chi connectivity index (χ4n) is 5.26. The van der Waals surface area contributed by atoms with E-state index in [0.29, 0.717) is 6.79 Å². The highest BCUT2D eigenvalue weighted by Gasteiger charge is 2.25. The first kappa shape index (κ1) is 23.2. The maximum Gasteiger partial charge on any atom is 0.231 e. The standard InChI is InChI=1S/C31H32N4O2/c1-3-4-16-35(31-32-15-18-33(31)2)30(24-8-6-5-7-9-24)26-11-12-27-25(20-26)14-17-34(27)21-23-10-13-28-29(19-23)37-22-36-28/h5-15,17-20,30H,3-4,16,21-22H2,1-2H3. The Labute approximate surface area is 217 Å². The van der Waals surface area contributed by atoms with E-state index in [1.807, 2.05) is 18.5 Å². The SMILES string of the molecule is CCCCN(c1nccn1C)C(c1ccccc1)c1ccc2c(ccn2Cc2ccc3c(c2)OCO3)c1. The lowest BCUT2D eigenvalue weighted by molar-refractivity contribution is 0.174. The fourth-order valence-corrected chi connectivity index (χ4v) is 5.26. The molecule has 188 valence electrons. The molecule has 0 radical (unpaired) electrons. The molecule has 1 aliphatic heterocycles. The number of imidazole rings is 1. The van der Waals surface area contributed by atoms with Gasteiger partial charge in [0, 0.05) is 44.2 Å². The van der Waals surface area contributed by atoms with E-state index in [0.717, 1.165) is 43.4 Å². The van der Waals surface area contributed by atoms with Gasteiger partial charge in [-0.15, -0.1) is 0 Å². The van der Waals surface area contributed by atoms with E-state index in [4.69, 9.17) is 14.5 Å². The van der Waals surface area contributed by atoms with Gasteiger partial charge in [-0.05, 0) is 58.8 Å². The van der Waals surface area contributed by atoms with Crippen molar-refractivity contribution in [2.24, 2.45) is 7.05 Å². The van der Waals surface area contributed by atoms with Gasteiger partial charge in [0.25, 0.3) is 0 Å². The zero-order valence-electron chi connectivity index (χ0n) is 21.4. The Morgan fingerprint density at radius 1 is 0.919 bits per heavy atom. The van der Waals surface area contributed by atoms with E-state index >= 15 is 0 Å². The molecule has 3 heterocycles. The third kappa shape index (κ3) is 4.55. The minimum Gasteiger partial charge on any atom is -0.454 e. The largest absolute Gasteiger partial charge is 0.454 e. The molecule has 6 nitrogen and oxygen atoms in total. The van der Waals surface area contributed by atoms with E-state index in [9.17, 15) is 0 Å². The second-order valence-corrected chi connectivity index (χ2v) is 9.65. The zero-order chi connectivity index (χ0) is 25.2. The van der Waals surface area contributed by atoms with Crippen LogP contribution in [0.3, 0.4) is 0 Å². The fraction of sp³-hybridized carbons (Fsp3) is 0.258. The molecule has 0 N–H and O–H groups in total. The lowest BCUT2D eigenvalue weighted by Crippen LogP contribution is -2.32. The van der Waals surface area contributed by atoms with Gasteiger partial charge < -0.3 is 23.5 Å².